The van der Waals surface area contributed by atoms with Gasteiger partial charge in [-0.25, -0.2) is 8.42 Å². The van der Waals surface area contributed by atoms with Gasteiger partial charge in [0.2, 0.25) is 0 Å². The van der Waals surface area contributed by atoms with Crippen LogP contribution in [0, 0.1) is 11.3 Å². The quantitative estimate of drug-likeness (QED) is 0.395. The van der Waals surface area contributed by atoms with Crippen molar-refractivity contribution in [1.82, 2.24) is 0 Å². The molecule has 10 heteroatoms. The largest absolute Gasteiger partial charge is 0.506 e. The first-order valence-corrected chi connectivity index (χ1v) is 15.5. The number of esters is 1. The van der Waals surface area contributed by atoms with Gasteiger partial charge in [0.25, 0.3) is 0 Å². The average molecular weight is 595 g/mol. The fraction of sp³-hybridized carbons (Fsp3) is 0.438. The Hall–Kier alpha value is -3.63. The molecule has 2 heterocycles. The highest BCUT2D eigenvalue weighted by Crippen LogP contribution is 2.69. The van der Waals surface area contributed by atoms with Crippen LogP contribution in [-0.4, -0.2) is 56.5 Å². The van der Waals surface area contributed by atoms with Crippen molar-refractivity contribution in [1.29, 1.82) is 0 Å². The standard InChI is InChI=1S/C32H34O9S/c1-7-31-16-22(40-29(35)30(2,3)4)32(41-31)19-15-18-20(38-5)13-14-21(39-6)23(18)26(33)24(19)27(34)25(32)28(31)42(36,37)17-11-9-8-10-12-17/h8-15,22,25,28,33H,7,16H2,1-6H3/t22-,25-,28-,31-,32+/m1/s1. The molecule has 2 saturated heterocycles. The van der Waals surface area contributed by atoms with E-state index in [1.807, 2.05) is 6.92 Å². The first kappa shape index (κ1) is 28.5. The molecule has 2 aliphatic heterocycles. The summed E-state index contributed by atoms with van der Waals surface area (Å²) in [6, 6.07) is 13.0. The second-order valence-corrected chi connectivity index (χ2v) is 14.4. The lowest BCUT2D eigenvalue weighted by Gasteiger charge is -2.39. The predicted octanol–water partition coefficient (Wildman–Crippen LogP) is 4.95. The minimum atomic E-state index is -4.13. The molecule has 0 aromatic heterocycles. The van der Waals surface area contributed by atoms with Gasteiger partial charge in [-0.1, -0.05) is 25.1 Å². The zero-order chi connectivity index (χ0) is 30.4. The Morgan fingerprint density at radius 2 is 1.71 bits per heavy atom. The van der Waals surface area contributed by atoms with Gasteiger partial charge in [0.1, 0.15) is 34.2 Å². The third-order valence-corrected chi connectivity index (χ3v) is 11.4. The number of phenolic OH excluding ortho intramolecular Hbond substituents is 1. The number of benzene rings is 3. The zero-order valence-corrected chi connectivity index (χ0v) is 25.2. The van der Waals surface area contributed by atoms with Gasteiger partial charge in [-0.05, 0) is 57.5 Å². The lowest BCUT2D eigenvalue weighted by atomic mass is 9.70. The van der Waals surface area contributed by atoms with E-state index in [4.69, 9.17) is 18.9 Å². The number of carbonyl (C=O) groups excluding carboxylic acids is 2. The zero-order valence-electron chi connectivity index (χ0n) is 24.4. The number of methoxy groups -OCH3 is 2. The lowest BCUT2D eigenvalue weighted by Crippen LogP contribution is -2.55. The van der Waals surface area contributed by atoms with E-state index >= 15 is 0 Å². The summed E-state index contributed by atoms with van der Waals surface area (Å²) in [5.41, 5.74) is -3.61. The van der Waals surface area contributed by atoms with E-state index in [0.717, 1.165) is 0 Å². The monoisotopic (exact) mass is 594 g/mol. The summed E-state index contributed by atoms with van der Waals surface area (Å²) >= 11 is 0. The molecular formula is C32H34O9S. The van der Waals surface area contributed by atoms with E-state index < -0.39 is 55.5 Å². The van der Waals surface area contributed by atoms with Crippen molar-refractivity contribution in [3.05, 3.63) is 59.7 Å². The van der Waals surface area contributed by atoms with Crippen molar-refractivity contribution in [2.45, 2.75) is 68.0 Å². The molecule has 9 nitrogen and oxygen atoms in total. The third-order valence-electron chi connectivity index (χ3n) is 9.12. The third kappa shape index (κ3) is 3.54. The van der Waals surface area contributed by atoms with Crippen molar-refractivity contribution >= 4 is 32.4 Å². The molecular weight excluding hydrogens is 560 g/mol. The van der Waals surface area contributed by atoms with Crippen LogP contribution in [0.2, 0.25) is 0 Å². The SMILES string of the molecule is CC[C@]12C[C@@H](OC(=O)C(C)(C)C)[C@@]3(O1)c1cc4c(OC)ccc(OC)c4c(O)c1C(=O)[C@@H]3[C@H]2S(=O)(=O)c1ccccc1. The molecule has 0 radical (unpaired) electrons. The van der Waals surface area contributed by atoms with Gasteiger partial charge in [0.15, 0.2) is 15.6 Å². The summed E-state index contributed by atoms with van der Waals surface area (Å²) in [6.07, 6.45) is -0.653. The van der Waals surface area contributed by atoms with Crippen LogP contribution in [-0.2, 0) is 29.7 Å². The van der Waals surface area contributed by atoms with Gasteiger partial charge in [0.05, 0.1) is 47.0 Å². The molecule has 1 N–H and O–H groups in total. The van der Waals surface area contributed by atoms with Crippen molar-refractivity contribution < 1.29 is 42.1 Å². The van der Waals surface area contributed by atoms with Gasteiger partial charge in [-0.15, -0.1) is 0 Å². The van der Waals surface area contributed by atoms with E-state index in [2.05, 4.69) is 0 Å². The average Bonchev–Trinajstić information content (AvgIpc) is 3.54. The number of rotatable bonds is 6. The number of phenols is 1. The highest BCUT2D eigenvalue weighted by Gasteiger charge is 2.80. The van der Waals surface area contributed by atoms with Crippen LogP contribution in [0.3, 0.4) is 0 Å². The maximum atomic E-state index is 14.5. The van der Waals surface area contributed by atoms with Gasteiger partial charge in [-0.3, -0.25) is 9.59 Å². The van der Waals surface area contributed by atoms with E-state index in [1.54, 1.807) is 57.2 Å². The first-order chi connectivity index (χ1) is 19.8. The molecule has 1 aliphatic carbocycles. The smallest absolute Gasteiger partial charge is 0.311 e. The maximum absolute atomic E-state index is 14.5. The second-order valence-electron chi connectivity index (χ2n) is 12.3. The Bertz CT molecular complexity index is 1740. The number of Topliss-reactive ketones (excluding diaryl/α,β-unsaturated/α-hetero) is 1. The van der Waals surface area contributed by atoms with E-state index in [0.29, 0.717) is 16.9 Å². The number of ketones is 1. The van der Waals surface area contributed by atoms with Crippen LogP contribution in [0.15, 0.2) is 53.4 Å². The topological polar surface area (TPSA) is 125 Å². The van der Waals surface area contributed by atoms with Crippen molar-refractivity contribution in [2.24, 2.45) is 11.3 Å². The van der Waals surface area contributed by atoms with Gasteiger partial charge >= 0.3 is 5.97 Å². The fourth-order valence-electron chi connectivity index (χ4n) is 7.17. The van der Waals surface area contributed by atoms with Crippen LogP contribution in [0.4, 0.5) is 0 Å². The van der Waals surface area contributed by atoms with Crippen LogP contribution in [0.5, 0.6) is 17.2 Å². The molecule has 6 rings (SSSR count). The minimum Gasteiger partial charge on any atom is -0.506 e. The van der Waals surface area contributed by atoms with E-state index in [1.165, 1.54) is 26.4 Å². The fourth-order valence-corrected chi connectivity index (χ4v) is 9.56. The minimum absolute atomic E-state index is 0.0595. The summed E-state index contributed by atoms with van der Waals surface area (Å²) in [4.78, 5) is 27.9. The molecule has 42 heavy (non-hydrogen) atoms. The number of sulfone groups is 1. The normalized spacial score (nSPS) is 28.0. The number of carbonyl (C=O) groups is 2. The predicted molar refractivity (Wildman–Crippen MR) is 154 cm³/mol. The van der Waals surface area contributed by atoms with Gasteiger partial charge in [-0.2, -0.15) is 0 Å². The number of fused-ring (bicyclic) bond motifs is 3. The molecule has 0 saturated carbocycles. The Morgan fingerprint density at radius 1 is 1.07 bits per heavy atom. The number of aromatic hydroxyl groups is 1. The Morgan fingerprint density at radius 3 is 2.31 bits per heavy atom. The number of hydrogen-bond acceptors (Lipinski definition) is 9. The Labute approximate surface area is 244 Å². The molecule has 1 spiro atoms. The maximum Gasteiger partial charge on any atom is 0.311 e. The molecule has 222 valence electrons. The molecule has 3 aliphatic rings. The van der Waals surface area contributed by atoms with E-state index in [-0.39, 0.29) is 40.0 Å². The molecule has 2 fully saturated rings. The Kier molecular flexibility index (Phi) is 6.23. The molecule has 0 unspecified atom stereocenters. The van der Waals surface area contributed by atoms with Crippen LogP contribution >= 0.6 is 0 Å². The van der Waals surface area contributed by atoms with Crippen LogP contribution < -0.4 is 9.47 Å². The summed E-state index contributed by atoms with van der Waals surface area (Å²) in [5.74, 6) is -2.00. The molecule has 3 aromatic carbocycles. The first-order valence-electron chi connectivity index (χ1n) is 13.9. The Balaban J connectivity index is 1.67. The summed E-state index contributed by atoms with van der Waals surface area (Å²) in [6.45, 7) is 6.98. The summed E-state index contributed by atoms with van der Waals surface area (Å²) in [7, 11) is -1.20. The van der Waals surface area contributed by atoms with Crippen molar-refractivity contribution in [3.63, 3.8) is 0 Å². The van der Waals surface area contributed by atoms with Crippen molar-refractivity contribution in [2.75, 3.05) is 14.2 Å². The van der Waals surface area contributed by atoms with Crippen molar-refractivity contribution in [3.8, 4) is 17.2 Å². The number of hydrogen-bond donors (Lipinski definition) is 1. The highest BCUT2D eigenvalue weighted by atomic mass is 32.2. The molecule has 3 aromatic rings. The second kappa shape index (κ2) is 9.18. The molecule has 0 amide bonds. The number of ether oxygens (including phenoxy) is 4. The van der Waals surface area contributed by atoms with Crippen LogP contribution in [0.1, 0.15) is 56.5 Å². The van der Waals surface area contributed by atoms with E-state index in [9.17, 15) is 23.1 Å². The van der Waals surface area contributed by atoms with Gasteiger partial charge < -0.3 is 24.1 Å². The summed E-state index contributed by atoms with van der Waals surface area (Å²) in [5, 5.41) is 11.1. The highest BCUT2D eigenvalue weighted by molar-refractivity contribution is 7.92. The molecule has 5 atom stereocenters. The van der Waals surface area contributed by atoms with Gasteiger partial charge in [0, 0.05) is 17.4 Å². The van der Waals surface area contributed by atoms with Crippen LogP contribution in [0.25, 0.3) is 10.8 Å². The summed E-state index contributed by atoms with van der Waals surface area (Å²) < 4.78 is 52.8. The lowest BCUT2D eigenvalue weighted by molar-refractivity contribution is -0.170. The molecule has 2 bridgehead atoms.